The van der Waals surface area contributed by atoms with E-state index >= 15 is 0 Å². The second kappa shape index (κ2) is 13.5. The zero-order chi connectivity index (χ0) is 26.8. The van der Waals surface area contributed by atoms with Crippen molar-refractivity contribution in [3.63, 3.8) is 0 Å². The van der Waals surface area contributed by atoms with Gasteiger partial charge in [0.15, 0.2) is 0 Å². The summed E-state index contributed by atoms with van der Waals surface area (Å²) < 4.78 is 5.45. The summed E-state index contributed by atoms with van der Waals surface area (Å²) >= 11 is 0. The van der Waals surface area contributed by atoms with Gasteiger partial charge in [-0.2, -0.15) is 0 Å². The molecule has 35 heavy (non-hydrogen) atoms. The molecule has 7 nitrogen and oxygen atoms in total. The number of amides is 3. The van der Waals surface area contributed by atoms with Crippen molar-refractivity contribution in [1.82, 2.24) is 15.5 Å². The summed E-state index contributed by atoms with van der Waals surface area (Å²) in [5.74, 6) is -0.668. The van der Waals surface area contributed by atoms with Gasteiger partial charge in [0.05, 0.1) is 0 Å². The van der Waals surface area contributed by atoms with Crippen LogP contribution in [0.1, 0.15) is 99.6 Å². The van der Waals surface area contributed by atoms with E-state index in [1.54, 1.807) is 25.7 Å². The zero-order valence-corrected chi connectivity index (χ0v) is 23.2. The van der Waals surface area contributed by atoms with Crippen molar-refractivity contribution < 1.29 is 19.1 Å². The van der Waals surface area contributed by atoms with Gasteiger partial charge in [-0.25, -0.2) is 4.79 Å². The van der Waals surface area contributed by atoms with Gasteiger partial charge in [0.1, 0.15) is 17.7 Å². The summed E-state index contributed by atoms with van der Waals surface area (Å²) in [6, 6.07) is 7.73. The average molecular weight is 490 g/mol. The van der Waals surface area contributed by atoms with Crippen LogP contribution in [0.4, 0.5) is 4.79 Å². The summed E-state index contributed by atoms with van der Waals surface area (Å²) in [4.78, 5) is 42.0. The Kier molecular flexibility index (Phi) is 11.7. The van der Waals surface area contributed by atoms with Crippen LogP contribution in [-0.2, 0) is 14.3 Å². The number of ether oxygens (including phenoxy) is 1. The molecule has 1 rings (SSSR count). The molecular formula is C28H47N3O4. The molecule has 0 fully saturated rings. The van der Waals surface area contributed by atoms with Crippen LogP contribution in [0.25, 0.3) is 0 Å². The van der Waals surface area contributed by atoms with E-state index in [1.165, 1.54) is 0 Å². The normalized spacial score (nSPS) is 14.4. The Labute approximate surface area is 212 Å². The lowest BCUT2D eigenvalue weighted by Crippen LogP contribution is -2.56. The summed E-state index contributed by atoms with van der Waals surface area (Å²) in [5, 5.41) is 5.86. The molecule has 2 N–H and O–H groups in total. The van der Waals surface area contributed by atoms with Gasteiger partial charge in [-0.1, -0.05) is 70.4 Å². The lowest BCUT2D eigenvalue weighted by atomic mass is 9.95. The van der Waals surface area contributed by atoms with E-state index in [2.05, 4.69) is 17.6 Å². The number of rotatable bonds is 11. The smallest absolute Gasteiger partial charge is 0.408 e. The second-order valence-electron chi connectivity index (χ2n) is 11.3. The molecule has 3 atom stereocenters. The molecule has 3 amide bonds. The SMILES string of the molecule is CCCCCN(C(=O)C(NC(=O)OC(C)(C)C)C(C)CC)C(C(=O)NC(C)(C)C)c1ccccc1. The molecule has 0 aliphatic rings. The Bertz CT molecular complexity index is 812. The number of nitrogens with one attached hydrogen (secondary N) is 2. The van der Waals surface area contributed by atoms with Crippen LogP contribution in [0.3, 0.4) is 0 Å². The van der Waals surface area contributed by atoms with E-state index < -0.39 is 29.3 Å². The van der Waals surface area contributed by atoms with Crippen molar-refractivity contribution in [2.45, 2.75) is 111 Å². The molecule has 0 heterocycles. The van der Waals surface area contributed by atoms with Crippen molar-refractivity contribution in [1.29, 1.82) is 0 Å². The third-order valence-corrected chi connectivity index (χ3v) is 5.61. The van der Waals surface area contributed by atoms with Crippen molar-refractivity contribution in [3.05, 3.63) is 35.9 Å². The summed E-state index contributed by atoms with van der Waals surface area (Å²) in [5.41, 5.74) is -0.417. The van der Waals surface area contributed by atoms with Gasteiger partial charge in [-0.3, -0.25) is 9.59 Å². The molecule has 0 spiro atoms. The predicted octanol–water partition coefficient (Wildman–Crippen LogP) is 5.60. The van der Waals surface area contributed by atoms with Crippen LogP contribution in [0.5, 0.6) is 0 Å². The molecule has 198 valence electrons. The van der Waals surface area contributed by atoms with E-state index in [9.17, 15) is 14.4 Å². The first-order valence-corrected chi connectivity index (χ1v) is 12.9. The fourth-order valence-electron chi connectivity index (χ4n) is 3.74. The quantitative estimate of drug-likeness (QED) is 0.396. The average Bonchev–Trinajstić information content (AvgIpc) is 2.74. The third-order valence-electron chi connectivity index (χ3n) is 5.61. The second-order valence-corrected chi connectivity index (χ2v) is 11.3. The summed E-state index contributed by atoms with van der Waals surface area (Å²) in [6.45, 7) is 17.5. The van der Waals surface area contributed by atoms with Crippen LogP contribution in [0, 0.1) is 5.92 Å². The standard InChI is InChI=1S/C28H47N3O4/c1-10-12-16-19-31(23(21-17-14-13-15-18-21)24(32)30-27(4,5)6)25(33)22(20(3)11-2)29-26(34)35-28(7,8)9/h13-15,17-18,20,22-23H,10-12,16,19H2,1-9H3,(H,29,34)(H,30,32). The molecule has 1 aromatic carbocycles. The molecule has 7 heteroatoms. The number of unbranched alkanes of at least 4 members (excludes halogenated alkanes) is 2. The van der Waals surface area contributed by atoms with Crippen LogP contribution < -0.4 is 10.6 Å². The van der Waals surface area contributed by atoms with Gasteiger partial charge in [0, 0.05) is 12.1 Å². The Morgan fingerprint density at radius 3 is 2.06 bits per heavy atom. The van der Waals surface area contributed by atoms with Crippen molar-refractivity contribution in [2.75, 3.05) is 6.54 Å². The Morgan fingerprint density at radius 2 is 1.57 bits per heavy atom. The fourth-order valence-corrected chi connectivity index (χ4v) is 3.74. The zero-order valence-electron chi connectivity index (χ0n) is 23.2. The minimum atomic E-state index is -0.815. The van der Waals surface area contributed by atoms with E-state index in [4.69, 9.17) is 4.74 Å². The molecule has 0 aromatic heterocycles. The van der Waals surface area contributed by atoms with E-state index in [1.807, 2.05) is 65.0 Å². The minimum absolute atomic E-state index is 0.147. The lowest BCUT2D eigenvalue weighted by molar-refractivity contribution is -0.144. The molecule has 0 bridgehead atoms. The van der Waals surface area contributed by atoms with Crippen LogP contribution in [0.2, 0.25) is 0 Å². The highest BCUT2D eigenvalue weighted by molar-refractivity contribution is 5.92. The molecule has 1 aromatic rings. The van der Waals surface area contributed by atoms with Gasteiger partial charge in [-0.05, 0) is 59.4 Å². The lowest BCUT2D eigenvalue weighted by Gasteiger charge is -2.37. The van der Waals surface area contributed by atoms with Gasteiger partial charge >= 0.3 is 6.09 Å². The van der Waals surface area contributed by atoms with Crippen LogP contribution >= 0.6 is 0 Å². The number of alkyl carbamates (subject to hydrolysis) is 1. The fraction of sp³-hybridized carbons (Fsp3) is 0.679. The number of carbonyl (C=O) groups is 3. The van der Waals surface area contributed by atoms with Crippen LogP contribution in [0.15, 0.2) is 30.3 Å². The molecule has 0 aliphatic heterocycles. The van der Waals surface area contributed by atoms with E-state index in [0.717, 1.165) is 24.8 Å². The first-order chi connectivity index (χ1) is 16.2. The van der Waals surface area contributed by atoms with Crippen LogP contribution in [-0.4, -0.2) is 46.5 Å². The number of nitrogens with zero attached hydrogens (tertiary/aromatic N) is 1. The first-order valence-electron chi connectivity index (χ1n) is 12.9. The molecular weight excluding hydrogens is 442 g/mol. The van der Waals surface area contributed by atoms with E-state index in [-0.39, 0.29) is 17.7 Å². The Hall–Kier alpha value is -2.57. The largest absolute Gasteiger partial charge is 0.444 e. The monoisotopic (exact) mass is 489 g/mol. The van der Waals surface area contributed by atoms with Gasteiger partial charge < -0.3 is 20.3 Å². The van der Waals surface area contributed by atoms with Gasteiger partial charge in [-0.15, -0.1) is 0 Å². The highest BCUT2D eigenvalue weighted by Crippen LogP contribution is 2.26. The highest BCUT2D eigenvalue weighted by atomic mass is 16.6. The third kappa shape index (κ3) is 10.7. The number of hydrogen-bond acceptors (Lipinski definition) is 4. The maximum absolute atomic E-state index is 14.1. The number of benzene rings is 1. The maximum atomic E-state index is 14.1. The topological polar surface area (TPSA) is 87.7 Å². The molecule has 0 saturated heterocycles. The van der Waals surface area contributed by atoms with Crippen molar-refractivity contribution in [3.8, 4) is 0 Å². The maximum Gasteiger partial charge on any atom is 0.408 e. The number of hydrogen-bond donors (Lipinski definition) is 2. The van der Waals surface area contributed by atoms with Crippen molar-refractivity contribution >= 4 is 17.9 Å². The molecule has 0 saturated carbocycles. The minimum Gasteiger partial charge on any atom is -0.444 e. The predicted molar refractivity (Wildman–Crippen MR) is 141 cm³/mol. The molecule has 0 aliphatic carbocycles. The first kappa shape index (κ1) is 30.5. The highest BCUT2D eigenvalue weighted by Gasteiger charge is 2.38. The molecule has 3 unspecified atom stereocenters. The molecule has 0 radical (unpaired) electrons. The summed E-state index contributed by atoms with van der Waals surface area (Å²) in [6.07, 6.45) is 2.71. The van der Waals surface area contributed by atoms with Gasteiger partial charge in [0.25, 0.3) is 0 Å². The Balaban J connectivity index is 3.47. The van der Waals surface area contributed by atoms with Gasteiger partial charge in [0.2, 0.25) is 11.8 Å². The number of carbonyl (C=O) groups excluding carboxylic acids is 3. The summed E-state index contributed by atoms with van der Waals surface area (Å²) in [7, 11) is 0. The van der Waals surface area contributed by atoms with E-state index in [0.29, 0.717) is 13.0 Å². The van der Waals surface area contributed by atoms with Crippen molar-refractivity contribution in [2.24, 2.45) is 5.92 Å². The Morgan fingerprint density at radius 1 is 0.971 bits per heavy atom.